The van der Waals surface area contributed by atoms with Gasteiger partial charge in [0.1, 0.15) is 11.6 Å². The maximum Gasteiger partial charge on any atom is 0.126 e. The topological polar surface area (TPSA) is 68.8 Å². The molecule has 17 heavy (non-hydrogen) atoms. The first-order valence-corrected chi connectivity index (χ1v) is 5.60. The van der Waals surface area contributed by atoms with Crippen LogP contribution in [0.5, 0.6) is 0 Å². The minimum Gasteiger partial charge on any atom is -0.397 e. The van der Waals surface area contributed by atoms with Gasteiger partial charge in [0.2, 0.25) is 0 Å². The highest BCUT2D eigenvalue weighted by molar-refractivity contribution is 5.48. The van der Waals surface area contributed by atoms with Crippen molar-refractivity contribution in [1.82, 2.24) is 14.5 Å². The van der Waals surface area contributed by atoms with Crippen molar-refractivity contribution in [3.63, 3.8) is 0 Å². The molecule has 0 unspecified atom stereocenters. The van der Waals surface area contributed by atoms with Crippen molar-refractivity contribution in [3.8, 4) is 0 Å². The van der Waals surface area contributed by atoms with E-state index in [1.54, 1.807) is 6.20 Å². The lowest BCUT2D eigenvalue weighted by Gasteiger charge is -2.07. The number of nitrogens with two attached hydrogens (primary N) is 1. The van der Waals surface area contributed by atoms with Crippen LogP contribution < -0.4 is 11.1 Å². The Bertz CT molecular complexity index is 503. The van der Waals surface area contributed by atoms with E-state index < -0.39 is 0 Å². The molecule has 0 atom stereocenters. The van der Waals surface area contributed by atoms with Crippen molar-refractivity contribution in [2.24, 2.45) is 7.05 Å². The number of rotatable bonds is 4. The van der Waals surface area contributed by atoms with Crippen LogP contribution in [0, 0.1) is 6.92 Å². The summed E-state index contributed by atoms with van der Waals surface area (Å²) in [6, 6.07) is 3.76. The fourth-order valence-corrected chi connectivity index (χ4v) is 1.61. The zero-order valence-corrected chi connectivity index (χ0v) is 10.1. The molecule has 0 saturated heterocycles. The molecule has 5 heteroatoms. The molecule has 90 valence electrons. The summed E-state index contributed by atoms with van der Waals surface area (Å²) in [5.74, 6) is 1.91. The normalized spacial score (nSPS) is 10.5. The molecule has 2 rings (SSSR count). The van der Waals surface area contributed by atoms with Gasteiger partial charge in [-0.1, -0.05) is 0 Å². The SMILES string of the molecule is Cc1nc(NCCc2nccn2C)ccc1N. The van der Waals surface area contributed by atoms with Gasteiger partial charge in [0.25, 0.3) is 0 Å². The largest absolute Gasteiger partial charge is 0.397 e. The van der Waals surface area contributed by atoms with Crippen LogP contribution in [0.3, 0.4) is 0 Å². The molecule has 0 saturated carbocycles. The van der Waals surface area contributed by atoms with Crippen LogP contribution in [0.2, 0.25) is 0 Å². The van der Waals surface area contributed by atoms with E-state index in [4.69, 9.17) is 5.73 Å². The number of hydrogen-bond acceptors (Lipinski definition) is 4. The Hall–Kier alpha value is -2.04. The molecule has 0 bridgehead atoms. The number of aryl methyl sites for hydroxylation is 2. The van der Waals surface area contributed by atoms with Crippen LogP contribution >= 0.6 is 0 Å². The molecule has 0 aliphatic carbocycles. The maximum absolute atomic E-state index is 5.71. The molecular formula is C12H17N5. The molecule has 3 N–H and O–H groups in total. The first kappa shape index (κ1) is 11.4. The molecule has 0 aromatic carbocycles. The van der Waals surface area contributed by atoms with Crippen LogP contribution in [0.15, 0.2) is 24.5 Å². The third-order valence-electron chi connectivity index (χ3n) is 2.70. The van der Waals surface area contributed by atoms with Crippen molar-refractivity contribution in [2.75, 3.05) is 17.6 Å². The molecule has 0 spiro atoms. The van der Waals surface area contributed by atoms with E-state index in [0.29, 0.717) is 0 Å². The average molecular weight is 231 g/mol. The van der Waals surface area contributed by atoms with Gasteiger partial charge in [0.15, 0.2) is 0 Å². The summed E-state index contributed by atoms with van der Waals surface area (Å²) in [5, 5.41) is 3.26. The van der Waals surface area contributed by atoms with Crippen LogP contribution in [-0.4, -0.2) is 21.1 Å². The van der Waals surface area contributed by atoms with Gasteiger partial charge in [-0.25, -0.2) is 9.97 Å². The molecule has 2 aromatic heterocycles. The average Bonchev–Trinajstić information content (AvgIpc) is 2.70. The first-order chi connectivity index (χ1) is 8.16. The summed E-state index contributed by atoms with van der Waals surface area (Å²) in [4.78, 5) is 8.61. The predicted molar refractivity (Wildman–Crippen MR) is 68.8 cm³/mol. The molecule has 0 amide bonds. The molecule has 0 fully saturated rings. The monoisotopic (exact) mass is 231 g/mol. The number of anilines is 2. The molecule has 2 heterocycles. The Morgan fingerprint density at radius 2 is 2.24 bits per heavy atom. The molecule has 0 aliphatic rings. The Labute approximate surface area is 101 Å². The van der Waals surface area contributed by atoms with Crippen LogP contribution in [-0.2, 0) is 13.5 Å². The summed E-state index contributed by atoms with van der Waals surface area (Å²) >= 11 is 0. The van der Waals surface area contributed by atoms with E-state index >= 15 is 0 Å². The highest BCUT2D eigenvalue weighted by Gasteiger charge is 2.00. The van der Waals surface area contributed by atoms with Gasteiger partial charge in [-0.05, 0) is 19.1 Å². The van der Waals surface area contributed by atoms with E-state index in [1.165, 1.54) is 0 Å². The lowest BCUT2D eigenvalue weighted by Crippen LogP contribution is -2.10. The number of aromatic nitrogens is 3. The second-order valence-electron chi connectivity index (χ2n) is 4.00. The number of nitrogen functional groups attached to an aromatic ring is 1. The quantitative estimate of drug-likeness (QED) is 0.833. The summed E-state index contributed by atoms with van der Waals surface area (Å²) in [6.07, 6.45) is 4.62. The van der Waals surface area contributed by atoms with E-state index in [-0.39, 0.29) is 0 Å². The fourth-order valence-electron chi connectivity index (χ4n) is 1.61. The first-order valence-electron chi connectivity index (χ1n) is 5.60. The fraction of sp³-hybridized carbons (Fsp3) is 0.333. The lowest BCUT2D eigenvalue weighted by atomic mass is 10.3. The lowest BCUT2D eigenvalue weighted by molar-refractivity contribution is 0.788. The zero-order valence-electron chi connectivity index (χ0n) is 10.1. The van der Waals surface area contributed by atoms with Crippen molar-refractivity contribution >= 4 is 11.5 Å². The van der Waals surface area contributed by atoms with Gasteiger partial charge < -0.3 is 15.6 Å². The smallest absolute Gasteiger partial charge is 0.126 e. The van der Waals surface area contributed by atoms with E-state index in [0.717, 1.165) is 36.0 Å². The van der Waals surface area contributed by atoms with Crippen molar-refractivity contribution in [3.05, 3.63) is 36.0 Å². The third-order valence-corrected chi connectivity index (χ3v) is 2.70. The third kappa shape index (κ3) is 2.75. The number of nitrogens with one attached hydrogen (secondary N) is 1. The van der Waals surface area contributed by atoms with Crippen molar-refractivity contribution < 1.29 is 0 Å². The molecule has 5 nitrogen and oxygen atoms in total. The molecule has 0 aliphatic heterocycles. The van der Waals surface area contributed by atoms with Gasteiger partial charge in [-0.2, -0.15) is 0 Å². The van der Waals surface area contributed by atoms with Gasteiger partial charge in [-0.15, -0.1) is 0 Å². The highest BCUT2D eigenvalue weighted by Crippen LogP contribution is 2.11. The van der Waals surface area contributed by atoms with Gasteiger partial charge in [0, 0.05) is 32.4 Å². The van der Waals surface area contributed by atoms with Gasteiger partial charge >= 0.3 is 0 Å². The number of nitrogens with zero attached hydrogens (tertiary/aromatic N) is 3. The minimum absolute atomic E-state index is 0.722. The predicted octanol–water partition coefficient (Wildman–Crippen LogP) is 1.36. The standard InChI is InChI=1S/C12H17N5/c1-9-10(13)3-4-11(16-9)14-6-5-12-15-7-8-17(12)2/h3-4,7-8H,5-6,13H2,1-2H3,(H,14,16). The van der Waals surface area contributed by atoms with E-state index in [2.05, 4.69) is 15.3 Å². The Morgan fingerprint density at radius 1 is 1.41 bits per heavy atom. The van der Waals surface area contributed by atoms with Gasteiger partial charge in [0.05, 0.1) is 11.4 Å². The second kappa shape index (κ2) is 4.86. The maximum atomic E-state index is 5.71. The second-order valence-corrected chi connectivity index (χ2v) is 4.00. The summed E-state index contributed by atoms with van der Waals surface area (Å²) in [7, 11) is 1.99. The zero-order chi connectivity index (χ0) is 12.3. The molecular weight excluding hydrogens is 214 g/mol. The number of pyridine rings is 1. The van der Waals surface area contributed by atoms with Crippen LogP contribution in [0.4, 0.5) is 11.5 Å². The van der Waals surface area contributed by atoms with Crippen molar-refractivity contribution in [2.45, 2.75) is 13.3 Å². The number of hydrogen-bond donors (Lipinski definition) is 2. The van der Waals surface area contributed by atoms with Crippen LogP contribution in [0.25, 0.3) is 0 Å². The Morgan fingerprint density at radius 3 is 2.88 bits per heavy atom. The van der Waals surface area contributed by atoms with Crippen molar-refractivity contribution in [1.29, 1.82) is 0 Å². The highest BCUT2D eigenvalue weighted by atomic mass is 15.0. The molecule has 2 aromatic rings. The Kier molecular flexibility index (Phi) is 3.27. The summed E-state index contributed by atoms with van der Waals surface area (Å²) in [5.41, 5.74) is 7.29. The van der Waals surface area contributed by atoms with Gasteiger partial charge in [-0.3, -0.25) is 0 Å². The van der Waals surface area contributed by atoms with Crippen LogP contribution in [0.1, 0.15) is 11.5 Å². The van der Waals surface area contributed by atoms with E-state index in [9.17, 15) is 0 Å². The summed E-state index contributed by atoms with van der Waals surface area (Å²) < 4.78 is 2.02. The number of imidazole rings is 1. The minimum atomic E-state index is 0.722. The summed E-state index contributed by atoms with van der Waals surface area (Å²) in [6.45, 7) is 2.71. The van der Waals surface area contributed by atoms with E-state index in [1.807, 2.05) is 36.9 Å². The molecule has 0 radical (unpaired) electrons. The Balaban J connectivity index is 1.90.